The number of carbonyl (C=O) groups is 1. The van der Waals surface area contributed by atoms with Crippen molar-refractivity contribution in [3.8, 4) is 0 Å². The summed E-state index contributed by atoms with van der Waals surface area (Å²) in [4.78, 5) is 17.1. The van der Waals surface area contributed by atoms with Crippen molar-refractivity contribution < 1.29 is 4.79 Å². The van der Waals surface area contributed by atoms with Gasteiger partial charge in [-0.15, -0.1) is 11.8 Å². The molecule has 0 N–H and O–H groups in total. The van der Waals surface area contributed by atoms with Crippen molar-refractivity contribution in [3.63, 3.8) is 0 Å². The van der Waals surface area contributed by atoms with Crippen LogP contribution in [0.2, 0.25) is 0 Å². The van der Waals surface area contributed by atoms with E-state index in [4.69, 9.17) is 0 Å². The Morgan fingerprint density at radius 1 is 1.23 bits per heavy atom. The Labute approximate surface area is 138 Å². The molecule has 2 aliphatic rings. The van der Waals surface area contributed by atoms with E-state index in [0.717, 1.165) is 56.4 Å². The predicted octanol–water partition coefficient (Wildman–Crippen LogP) is 2.86. The number of likely N-dealkylation sites (N-methyl/N-ethyl adjacent to an activating group) is 1. The van der Waals surface area contributed by atoms with Crippen LogP contribution in [0.15, 0.2) is 30.3 Å². The molecule has 120 valence electrons. The second-order valence-electron chi connectivity index (χ2n) is 6.38. The third-order valence-electron chi connectivity index (χ3n) is 4.96. The van der Waals surface area contributed by atoms with Crippen molar-refractivity contribution in [2.45, 2.75) is 32.2 Å². The smallest absolute Gasteiger partial charge is 0.240 e. The third-order valence-corrected chi connectivity index (χ3v) is 6.02. The molecule has 0 saturated carbocycles. The number of hydrogen-bond donors (Lipinski definition) is 0. The number of hydrogen-bond acceptors (Lipinski definition) is 3. The van der Waals surface area contributed by atoms with Crippen LogP contribution in [0.4, 0.5) is 0 Å². The maximum Gasteiger partial charge on any atom is 0.240 e. The monoisotopic (exact) mass is 318 g/mol. The van der Waals surface area contributed by atoms with Gasteiger partial charge in [-0.2, -0.15) is 0 Å². The Bertz CT molecular complexity index is 485. The van der Waals surface area contributed by atoms with Gasteiger partial charge in [-0.05, 0) is 37.3 Å². The van der Waals surface area contributed by atoms with Gasteiger partial charge in [0, 0.05) is 24.7 Å². The van der Waals surface area contributed by atoms with Gasteiger partial charge in [0.05, 0.1) is 6.04 Å². The number of piperidine rings is 1. The van der Waals surface area contributed by atoms with Crippen molar-refractivity contribution >= 4 is 17.7 Å². The molecule has 4 heteroatoms. The molecule has 3 rings (SSSR count). The maximum atomic E-state index is 12.7. The van der Waals surface area contributed by atoms with E-state index < -0.39 is 0 Å². The molecule has 0 unspecified atom stereocenters. The molecule has 0 aromatic heterocycles. The maximum absolute atomic E-state index is 12.7. The number of amides is 1. The van der Waals surface area contributed by atoms with Gasteiger partial charge in [0.15, 0.2) is 0 Å². The van der Waals surface area contributed by atoms with Crippen molar-refractivity contribution in [2.24, 2.45) is 5.92 Å². The molecule has 0 aliphatic carbocycles. The van der Waals surface area contributed by atoms with Gasteiger partial charge in [0.25, 0.3) is 0 Å². The fourth-order valence-corrected chi connectivity index (χ4v) is 4.81. The predicted molar refractivity (Wildman–Crippen MR) is 92.9 cm³/mol. The molecule has 0 spiro atoms. The Morgan fingerprint density at radius 3 is 2.64 bits per heavy atom. The summed E-state index contributed by atoms with van der Waals surface area (Å²) >= 11 is 1.89. The summed E-state index contributed by atoms with van der Waals surface area (Å²) < 4.78 is 0. The van der Waals surface area contributed by atoms with Crippen LogP contribution < -0.4 is 0 Å². The summed E-state index contributed by atoms with van der Waals surface area (Å²) in [6, 6.07) is 10.9. The SMILES string of the molecule is CCN1CSC[C@H]1C(=O)N1CCC(Cc2ccccc2)CC1. The first-order valence-electron chi connectivity index (χ1n) is 8.42. The molecule has 1 amide bonds. The first-order valence-corrected chi connectivity index (χ1v) is 9.58. The van der Waals surface area contributed by atoms with E-state index in [2.05, 4.69) is 47.1 Å². The molecule has 2 heterocycles. The molecule has 22 heavy (non-hydrogen) atoms. The minimum Gasteiger partial charge on any atom is -0.341 e. The van der Waals surface area contributed by atoms with Crippen LogP contribution in [0.5, 0.6) is 0 Å². The van der Waals surface area contributed by atoms with Crippen LogP contribution in [-0.2, 0) is 11.2 Å². The normalized spacial score (nSPS) is 23.9. The molecule has 0 radical (unpaired) electrons. The zero-order valence-electron chi connectivity index (χ0n) is 13.4. The van der Waals surface area contributed by atoms with Crippen molar-refractivity contribution in [2.75, 3.05) is 31.3 Å². The van der Waals surface area contributed by atoms with E-state index in [1.807, 2.05) is 11.8 Å². The highest BCUT2D eigenvalue weighted by Crippen LogP contribution is 2.26. The fraction of sp³-hybridized carbons (Fsp3) is 0.611. The average molecular weight is 318 g/mol. The second kappa shape index (κ2) is 7.51. The largest absolute Gasteiger partial charge is 0.341 e. The highest BCUT2D eigenvalue weighted by atomic mass is 32.2. The summed E-state index contributed by atoms with van der Waals surface area (Å²) in [5.74, 6) is 3.07. The van der Waals surface area contributed by atoms with Gasteiger partial charge < -0.3 is 4.90 Å². The lowest BCUT2D eigenvalue weighted by Crippen LogP contribution is -2.49. The van der Waals surface area contributed by atoms with Gasteiger partial charge in [-0.25, -0.2) is 0 Å². The lowest BCUT2D eigenvalue weighted by Gasteiger charge is -2.35. The zero-order chi connectivity index (χ0) is 15.4. The fourth-order valence-electron chi connectivity index (χ4n) is 3.53. The molecule has 2 fully saturated rings. The molecular weight excluding hydrogens is 292 g/mol. The topological polar surface area (TPSA) is 23.6 Å². The van der Waals surface area contributed by atoms with E-state index in [0.29, 0.717) is 5.91 Å². The number of rotatable bonds is 4. The number of thioether (sulfide) groups is 1. The van der Waals surface area contributed by atoms with Gasteiger partial charge in [-0.1, -0.05) is 37.3 Å². The second-order valence-corrected chi connectivity index (χ2v) is 7.38. The number of nitrogens with zero attached hydrogens (tertiary/aromatic N) is 2. The van der Waals surface area contributed by atoms with Gasteiger partial charge >= 0.3 is 0 Å². The summed E-state index contributed by atoms with van der Waals surface area (Å²) in [6.07, 6.45) is 3.45. The number of benzene rings is 1. The molecular formula is C18H26N2OS. The first-order chi connectivity index (χ1) is 10.8. The summed E-state index contributed by atoms with van der Waals surface area (Å²) in [6.45, 7) is 5.01. The summed E-state index contributed by atoms with van der Waals surface area (Å²) in [5.41, 5.74) is 1.43. The highest BCUT2D eigenvalue weighted by molar-refractivity contribution is 7.99. The Morgan fingerprint density at radius 2 is 1.95 bits per heavy atom. The quantitative estimate of drug-likeness (QED) is 0.853. The Kier molecular flexibility index (Phi) is 5.42. The molecule has 1 atom stereocenters. The molecule has 3 nitrogen and oxygen atoms in total. The highest BCUT2D eigenvalue weighted by Gasteiger charge is 2.34. The van der Waals surface area contributed by atoms with Crippen LogP contribution in [0.1, 0.15) is 25.3 Å². The van der Waals surface area contributed by atoms with Gasteiger partial charge in [0.2, 0.25) is 5.91 Å². The van der Waals surface area contributed by atoms with E-state index in [-0.39, 0.29) is 6.04 Å². The lowest BCUT2D eigenvalue weighted by atomic mass is 9.90. The molecule has 1 aromatic carbocycles. The van der Waals surface area contributed by atoms with E-state index in [9.17, 15) is 4.79 Å². The molecule has 2 aliphatic heterocycles. The van der Waals surface area contributed by atoms with Crippen molar-refractivity contribution in [1.29, 1.82) is 0 Å². The summed E-state index contributed by atoms with van der Waals surface area (Å²) in [7, 11) is 0. The van der Waals surface area contributed by atoms with Crippen LogP contribution in [0, 0.1) is 5.92 Å². The van der Waals surface area contributed by atoms with E-state index >= 15 is 0 Å². The van der Waals surface area contributed by atoms with E-state index in [1.165, 1.54) is 5.56 Å². The minimum atomic E-state index is 0.126. The Balaban J connectivity index is 1.50. The van der Waals surface area contributed by atoms with Crippen LogP contribution >= 0.6 is 11.8 Å². The number of carbonyl (C=O) groups excluding carboxylic acids is 1. The standard InChI is InChI=1S/C18H26N2OS/c1-2-19-14-22-13-17(19)18(21)20-10-8-16(9-11-20)12-15-6-4-3-5-7-15/h3-7,16-17H,2,8-14H2,1H3/t17-/m0/s1. The molecule has 2 saturated heterocycles. The van der Waals surface area contributed by atoms with Gasteiger partial charge in [0.1, 0.15) is 0 Å². The van der Waals surface area contributed by atoms with Crippen LogP contribution in [0.25, 0.3) is 0 Å². The van der Waals surface area contributed by atoms with Gasteiger partial charge in [-0.3, -0.25) is 9.69 Å². The molecule has 1 aromatic rings. The Hall–Kier alpha value is -1.00. The van der Waals surface area contributed by atoms with Crippen LogP contribution in [-0.4, -0.2) is 53.0 Å². The number of likely N-dealkylation sites (tertiary alicyclic amines) is 1. The zero-order valence-corrected chi connectivity index (χ0v) is 14.2. The summed E-state index contributed by atoms with van der Waals surface area (Å²) in [5, 5.41) is 0. The lowest BCUT2D eigenvalue weighted by molar-refractivity contribution is -0.136. The van der Waals surface area contributed by atoms with Crippen molar-refractivity contribution in [3.05, 3.63) is 35.9 Å². The molecule has 0 bridgehead atoms. The third kappa shape index (κ3) is 3.66. The minimum absolute atomic E-state index is 0.126. The van der Waals surface area contributed by atoms with Crippen molar-refractivity contribution in [1.82, 2.24) is 9.80 Å². The van der Waals surface area contributed by atoms with E-state index in [1.54, 1.807) is 0 Å². The first kappa shape index (κ1) is 15.9. The average Bonchev–Trinajstić information content (AvgIpc) is 3.04. The van der Waals surface area contributed by atoms with Crippen LogP contribution in [0.3, 0.4) is 0 Å².